The second-order valence-electron chi connectivity index (χ2n) is 8.57. The van der Waals surface area contributed by atoms with Crippen molar-refractivity contribution in [1.29, 1.82) is 0 Å². The van der Waals surface area contributed by atoms with Crippen LogP contribution in [0.4, 0.5) is 29.2 Å². The molecule has 0 saturated heterocycles. The number of likely N-dealkylation sites (N-methyl/N-ethyl adjacent to an activating group) is 1. The van der Waals surface area contributed by atoms with Crippen molar-refractivity contribution in [2.45, 2.75) is 12.6 Å². The van der Waals surface area contributed by atoms with E-state index in [1.807, 2.05) is 19.0 Å². The standard InChI is InChI=1S/C26H23F4N5O/c1-35(2)10-9-15-3-6-19(26(28,29)30)13-23(15)33-24(36)20-12-17(4-7-21(20)27)16-5-8-22-18(11-16)14-32-25(31)34-22/h3-8,11-14H,9-10H2,1-2H3,(H,33,36)(H2,31,32,34). The van der Waals surface area contributed by atoms with Crippen LogP contribution in [0.3, 0.4) is 0 Å². The van der Waals surface area contributed by atoms with E-state index in [1.54, 1.807) is 24.4 Å². The van der Waals surface area contributed by atoms with Gasteiger partial charge in [-0.25, -0.2) is 14.4 Å². The first kappa shape index (κ1) is 25.1. The van der Waals surface area contributed by atoms with Crippen LogP contribution < -0.4 is 11.1 Å². The van der Waals surface area contributed by atoms with Gasteiger partial charge in [0.2, 0.25) is 5.95 Å². The molecule has 0 aliphatic heterocycles. The number of hydrogen-bond acceptors (Lipinski definition) is 5. The molecule has 3 N–H and O–H groups in total. The molecule has 4 aromatic rings. The smallest absolute Gasteiger partial charge is 0.368 e. The molecule has 0 aliphatic carbocycles. The summed E-state index contributed by atoms with van der Waals surface area (Å²) in [7, 11) is 3.66. The number of nitrogens with zero attached hydrogens (tertiary/aromatic N) is 3. The fraction of sp³-hybridized carbons (Fsp3) is 0.192. The predicted molar refractivity (Wildman–Crippen MR) is 131 cm³/mol. The summed E-state index contributed by atoms with van der Waals surface area (Å²) in [6.07, 6.45) is -2.64. The van der Waals surface area contributed by atoms with Crippen molar-refractivity contribution in [3.63, 3.8) is 0 Å². The number of hydrogen-bond donors (Lipinski definition) is 2. The average molecular weight is 497 g/mol. The first-order valence-corrected chi connectivity index (χ1v) is 11.0. The highest BCUT2D eigenvalue weighted by Crippen LogP contribution is 2.33. The molecule has 3 aromatic carbocycles. The number of amides is 1. The largest absolute Gasteiger partial charge is 0.416 e. The molecule has 1 heterocycles. The number of anilines is 2. The summed E-state index contributed by atoms with van der Waals surface area (Å²) in [5.74, 6) is -1.51. The number of halogens is 4. The Kier molecular flexibility index (Phi) is 6.89. The molecule has 1 aromatic heterocycles. The van der Waals surface area contributed by atoms with E-state index in [1.165, 1.54) is 18.2 Å². The number of rotatable bonds is 6. The second kappa shape index (κ2) is 9.90. The van der Waals surface area contributed by atoms with Crippen LogP contribution in [0.25, 0.3) is 22.0 Å². The van der Waals surface area contributed by atoms with Crippen molar-refractivity contribution in [1.82, 2.24) is 14.9 Å². The Labute approximate surface area is 204 Å². The lowest BCUT2D eigenvalue weighted by Gasteiger charge is -2.17. The predicted octanol–water partition coefficient (Wildman–Crippen LogP) is 5.39. The molecule has 186 valence electrons. The summed E-state index contributed by atoms with van der Waals surface area (Å²) in [4.78, 5) is 23.0. The molecule has 0 radical (unpaired) electrons. The van der Waals surface area contributed by atoms with Gasteiger partial charge < -0.3 is 16.0 Å². The van der Waals surface area contributed by atoms with Gasteiger partial charge in [0.1, 0.15) is 5.82 Å². The fourth-order valence-electron chi connectivity index (χ4n) is 3.73. The quantitative estimate of drug-likeness (QED) is 0.349. The Morgan fingerprint density at radius 3 is 2.47 bits per heavy atom. The van der Waals surface area contributed by atoms with Crippen LogP contribution in [0, 0.1) is 5.82 Å². The average Bonchev–Trinajstić information content (AvgIpc) is 2.82. The van der Waals surface area contributed by atoms with Gasteiger partial charge in [-0.05, 0) is 73.6 Å². The molecule has 10 heteroatoms. The second-order valence-corrected chi connectivity index (χ2v) is 8.57. The van der Waals surface area contributed by atoms with E-state index >= 15 is 0 Å². The normalized spacial score (nSPS) is 11.8. The lowest BCUT2D eigenvalue weighted by atomic mass is 10.0. The highest BCUT2D eigenvalue weighted by Gasteiger charge is 2.31. The zero-order valence-electron chi connectivity index (χ0n) is 19.5. The number of nitrogen functional groups attached to an aromatic ring is 1. The Bertz CT molecular complexity index is 1440. The number of benzene rings is 3. The topological polar surface area (TPSA) is 84.1 Å². The number of nitrogens with one attached hydrogen (secondary N) is 1. The molecule has 1 amide bonds. The molecule has 0 unspecified atom stereocenters. The first-order valence-electron chi connectivity index (χ1n) is 11.0. The Balaban J connectivity index is 1.67. The van der Waals surface area contributed by atoms with E-state index in [-0.39, 0.29) is 17.2 Å². The number of carbonyl (C=O) groups excluding carboxylic acids is 1. The van der Waals surface area contributed by atoms with Gasteiger partial charge in [-0.2, -0.15) is 13.2 Å². The molecule has 6 nitrogen and oxygen atoms in total. The van der Waals surface area contributed by atoms with E-state index < -0.39 is 23.5 Å². The van der Waals surface area contributed by atoms with Gasteiger partial charge >= 0.3 is 6.18 Å². The van der Waals surface area contributed by atoms with Gasteiger partial charge in [-0.1, -0.05) is 18.2 Å². The van der Waals surface area contributed by atoms with Gasteiger partial charge in [0.05, 0.1) is 16.6 Å². The highest BCUT2D eigenvalue weighted by atomic mass is 19.4. The third-order valence-electron chi connectivity index (χ3n) is 5.66. The number of carbonyl (C=O) groups is 1. The molecule has 0 atom stereocenters. The zero-order valence-corrected chi connectivity index (χ0v) is 19.5. The Morgan fingerprint density at radius 2 is 1.75 bits per heavy atom. The maximum Gasteiger partial charge on any atom is 0.416 e. The SMILES string of the molecule is CN(C)CCc1ccc(C(F)(F)F)cc1NC(=O)c1cc(-c2ccc3nc(N)ncc3c2)ccc1F. The van der Waals surface area contributed by atoms with Gasteiger partial charge in [0, 0.05) is 23.8 Å². The van der Waals surface area contributed by atoms with Crippen molar-refractivity contribution >= 4 is 28.4 Å². The van der Waals surface area contributed by atoms with Crippen molar-refractivity contribution < 1.29 is 22.4 Å². The third kappa shape index (κ3) is 5.60. The molecule has 0 aliphatic rings. The Morgan fingerprint density at radius 1 is 1.03 bits per heavy atom. The number of aromatic nitrogens is 2. The number of nitrogens with two attached hydrogens (primary N) is 1. The monoisotopic (exact) mass is 497 g/mol. The number of fused-ring (bicyclic) bond motifs is 1. The molecule has 0 spiro atoms. The summed E-state index contributed by atoms with van der Waals surface area (Å²) in [5.41, 5.74) is 6.75. The summed E-state index contributed by atoms with van der Waals surface area (Å²) < 4.78 is 54.6. The van der Waals surface area contributed by atoms with Crippen molar-refractivity contribution in [3.05, 3.63) is 83.3 Å². The van der Waals surface area contributed by atoms with Gasteiger partial charge in [-0.15, -0.1) is 0 Å². The highest BCUT2D eigenvalue weighted by molar-refractivity contribution is 6.05. The Hall–Kier alpha value is -4.05. The minimum Gasteiger partial charge on any atom is -0.368 e. The molecular weight excluding hydrogens is 474 g/mol. The van der Waals surface area contributed by atoms with Crippen LogP contribution in [0.2, 0.25) is 0 Å². The van der Waals surface area contributed by atoms with E-state index in [0.29, 0.717) is 40.6 Å². The molecular formula is C26H23F4N5O. The summed E-state index contributed by atoms with van der Waals surface area (Å²) in [6, 6.07) is 12.4. The van der Waals surface area contributed by atoms with E-state index in [4.69, 9.17) is 5.73 Å². The first-order chi connectivity index (χ1) is 17.0. The number of alkyl halides is 3. The molecule has 0 fully saturated rings. The maximum absolute atomic E-state index is 14.7. The fourth-order valence-corrected chi connectivity index (χ4v) is 3.73. The van der Waals surface area contributed by atoms with E-state index in [2.05, 4.69) is 15.3 Å². The van der Waals surface area contributed by atoms with Gasteiger partial charge in [-0.3, -0.25) is 4.79 Å². The minimum absolute atomic E-state index is 0.0121. The maximum atomic E-state index is 14.7. The molecule has 0 bridgehead atoms. The summed E-state index contributed by atoms with van der Waals surface area (Å²) in [6.45, 7) is 0.551. The lowest BCUT2D eigenvalue weighted by Crippen LogP contribution is -2.19. The van der Waals surface area contributed by atoms with Crippen LogP contribution in [0.5, 0.6) is 0 Å². The van der Waals surface area contributed by atoms with Crippen LogP contribution in [-0.2, 0) is 12.6 Å². The molecule has 36 heavy (non-hydrogen) atoms. The van der Waals surface area contributed by atoms with Gasteiger partial charge in [0.15, 0.2) is 0 Å². The van der Waals surface area contributed by atoms with Crippen LogP contribution in [0.15, 0.2) is 60.8 Å². The van der Waals surface area contributed by atoms with Gasteiger partial charge in [0.25, 0.3) is 5.91 Å². The lowest BCUT2D eigenvalue weighted by molar-refractivity contribution is -0.137. The van der Waals surface area contributed by atoms with Crippen LogP contribution >= 0.6 is 0 Å². The molecule has 4 rings (SSSR count). The third-order valence-corrected chi connectivity index (χ3v) is 5.66. The van der Waals surface area contributed by atoms with Crippen molar-refractivity contribution in [2.75, 3.05) is 31.7 Å². The van der Waals surface area contributed by atoms with Crippen molar-refractivity contribution in [3.8, 4) is 11.1 Å². The van der Waals surface area contributed by atoms with Crippen molar-refractivity contribution in [2.24, 2.45) is 0 Å². The van der Waals surface area contributed by atoms with E-state index in [9.17, 15) is 22.4 Å². The molecule has 0 saturated carbocycles. The summed E-state index contributed by atoms with van der Waals surface area (Å²) in [5, 5.41) is 3.19. The summed E-state index contributed by atoms with van der Waals surface area (Å²) >= 11 is 0. The van der Waals surface area contributed by atoms with Crippen LogP contribution in [0.1, 0.15) is 21.5 Å². The van der Waals surface area contributed by atoms with Crippen LogP contribution in [-0.4, -0.2) is 41.4 Å². The zero-order chi connectivity index (χ0) is 26.0. The van der Waals surface area contributed by atoms with E-state index in [0.717, 1.165) is 18.2 Å². The minimum atomic E-state index is -4.59.